The third-order valence-corrected chi connectivity index (χ3v) is 3.43. The molecule has 0 aromatic heterocycles. The first kappa shape index (κ1) is 12.5. The lowest BCUT2D eigenvalue weighted by atomic mass is 9.99. The summed E-state index contributed by atoms with van der Waals surface area (Å²) >= 11 is 0. The maximum Gasteiger partial charge on any atom is 0.126 e. The van der Waals surface area contributed by atoms with Crippen molar-refractivity contribution < 1.29 is 9.50 Å². The maximum atomic E-state index is 13.5. The zero-order chi connectivity index (χ0) is 12.3. The number of aliphatic hydroxyl groups excluding tert-OH is 1. The van der Waals surface area contributed by atoms with Crippen LogP contribution in [0.1, 0.15) is 17.2 Å². The standard InChI is InChI=1S/C13H19FN2O/c1-10-11(3-2-4-12(10)14)13(9-17)16-7-5-15-6-8-16/h2-4,13,15,17H,5-9H2,1H3/t13-/m0/s1. The second-order valence-corrected chi connectivity index (χ2v) is 4.44. The molecule has 2 rings (SSSR count). The van der Waals surface area contributed by atoms with E-state index in [1.165, 1.54) is 6.07 Å². The minimum atomic E-state index is -0.198. The molecule has 1 aliphatic rings. The fourth-order valence-electron chi connectivity index (χ4n) is 2.39. The van der Waals surface area contributed by atoms with E-state index in [4.69, 9.17) is 0 Å². The molecule has 3 nitrogen and oxygen atoms in total. The summed E-state index contributed by atoms with van der Waals surface area (Å²) in [6.45, 7) is 5.43. The van der Waals surface area contributed by atoms with Crippen LogP contribution in [-0.4, -0.2) is 42.8 Å². The fourth-order valence-corrected chi connectivity index (χ4v) is 2.39. The number of aliphatic hydroxyl groups is 1. The minimum Gasteiger partial charge on any atom is -0.394 e. The number of halogens is 1. The summed E-state index contributed by atoms with van der Waals surface area (Å²) in [5.41, 5.74) is 1.54. The molecule has 0 aliphatic carbocycles. The third kappa shape index (κ3) is 2.65. The molecule has 17 heavy (non-hydrogen) atoms. The van der Waals surface area contributed by atoms with Crippen LogP contribution >= 0.6 is 0 Å². The van der Waals surface area contributed by atoms with Crippen molar-refractivity contribution in [3.05, 3.63) is 35.1 Å². The van der Waals surface area contributed by atoms with E-state index < -0.39 is 0 Å². The van der Waals surface area contributed by atoms with Crippen molar-refractivity contribution in [2.45, 2.75) is 13.0 Å². The predicted molar refractivity (Wildman–Crippen MR) is 65.4 cm³/mol. The van der Waals surface area contributed by atoms with Crippen LogP contribution in [0.3, 0.4) is 0 Å². The summed E-state index contributed by atoms with van der Waals surface area (Å²) < 4.78 is 13.5. The van der Waals surface area contributed by atoms with Gasteiger partial charge in [0.1, 0.15) is 5.82 Å². The quantitative estimate of drug-likeness (QED) is 0.827. The molecule has 1 aromatic rings. The summed E-state index contributed by atoms with van der Waals surface area (Å²) in [5, 5.41) is 12.8. The van der Waals surface area contributed by atoms with Gasteiger partial charge in [0, 0.05) is 26.2 Å². The Kier molecular flexibility index (Phi) is 4.10. The van der Waals surface area contributed by atoms with Crippen LogP contribution in [0.2, 0.25) is 0 Å². The predicted octanol–water partition coefficient (Wildman–Crippen LogP) is 1.07. The summed E-state index contributed by atoms with van der Waals surface area (Å²) in [6, 6.07) is 4.99. The molecule has 0 unspecified atom stereocenters. The monoisotopic (exact) mass is 238 g/mol. The van der Waals surface area contributed by atoms with E-state index in [9.17, 15) is 9.50 Å². The van der Waals surface area contributed by atoms with E-state index in [1.807, 2.05) is 6.07 Å². The molecule has 1 heterocycles. The van der Waals surface area contributed by atoms with Crippen molar-refractivity contribution in [3.8, 4) is 0 Å². The summed E-state index contributed by atoms with van der Waals surface area (Å²) in [5.74, 6) is -0.198. The number of rotatable bonds is 3. The van der Waals surface area contributed by atoms with Crippen molar-refractivity contribution in [3.63, 3.8) is 0 Å². The Balaban J connectivity index is 2.24. The Hall–Kier alpha value is -0.970. The smallest absolute Gasteiger partial charge is 0.126 e. The van der Waals surface area contributed by atoms with Crippen LogP contribution in [-0.2, 0) is 0 Å². The van der Waals surface area contributed by atoms with Gasteiger partial charge in [-0.25, -0.2) is 4.39 Å². The zero-order valence-electron chi connectivity index (χ0n) is 10.1. The highest BCUT2D eigenvalue weighted by atomic mass is 19.1. The van der Waals surface area contributed by atoms with Gasteiger partial charge >= 0.3 is 0 Å². The highest BCUT2D eigenvalue weighted by Crippen LogP contribution is 2.25. The van der Waals surface area contributed by atoms with Gasteiger partial charge in [0.25, 0.3) is 0 Å². The van der Waals surface area contributed by atoms with Crippen molar-refractivity contribution in [1.29, 1.82) is 0 Å². The van der Waals surface area contributed by atoms with E-state index in [0.717, 1.165) is 31.7 Å². The van der Waals surface area contributed by atoms with Crippen LogP contribution in [0.25, 0.3) is 0 Å². The summed E-state index contributed by atoms with van der Waals surface area (Å²) in [7, 11) is 0. The SMILES string of the molecule is Cc1c(F)cccc1[C@H](CO)N1CCNCC1. The molecule has 1 aliphatic heterocycles. The number of nitrogens with one attached hydrogen (secondary N) is 1. The van der Waals surface area contributed by atoms with E-state index >= 15 is 0 Å². The summed E-state index contributed by atoms with van der Waals surface area (Å²) in [4.78, 5) is 2.21. The first-order valence-corrected chi connectivity index (χ1v) is 6.04. The molecular formula is C13H19FN2O. The zero-order valence-corrected chi connectivity index (χ0v) is 10.1. The van der Waals surface area contributed by atoms with Gasteiger partial charge in [-0.15, -0.1) is 0 Å². The van der Waals surface area contributed by atoms with Crippen LogP contribution in [0.4, 0.5) is 4.39 Å². The second kappa shape index (κ2) is 5.58. The number of piperazine rings is 1. The largest absolute Gasteiger partial charge is 0.394 e. The van der Waals surface area contributed by atoms with Gasteiger partial charge in [-0.2, -0.15) is 0 Å². The van der Waals surface area contributed by atoms with Gasteiger partial charge < -0.3 is 10.4 Å². The van der Waals surface area contributed by atoms with Gasteiger partial charge in [-0.1, -0.05) is 12.1 Å². The molecule has 4 heteroatoms. The van der Waals surface area contributed by atoms with E-state index in [2.05, 4.69) is 10.2 Å². The topological polar surface area (TPSA) is 35.5 Å². The van der Waals surface area contributed by atoms with Crippen LogP contribution in [0, 0.1) is 12.7 Å². The summed E-state index contributed by atoms with van der Waals surface area (Å²) in [6.07, 6.45) is 0. The lowest BCUT2D eigenvalue weighted by Gasteiger charge is -2.34. The molecule has 0 saturated carbocycles. The van der Waals surface area contributed by atoms with Crippen LogP contribution in [0.5, 0.6) is 0 Å². The molecule has 1 saturated heterocycles. The van der Waals surface area contributed by atoms with Crippen molar-refractivity contribution in [2.24, 2.45) is 0 Å². The number of hydrogen-bond acceptors (Lipinski definition) is 3. The molecule has 94 valence electrons. The average molecular weight is 238 g/mol. The van der Waals surface area contributed by atoms with Gasteiger partial charge in [-0.05, 0) is 24.1 Å². The molecule has 0 radical (unpaired) electrons. The van der Waals surface area contributed by atoms with Crippen LogP contribution in [0.15, 0.2) is 18.2 Å². The highest BCUT2D eigenvalue weighted by molar-refractivity contribution is 5.30. The highest BCUT2D eigenvalue weighted by Gasteiger charge is 2.23. The number of hydrogen-bond donors (Lipinski definition) is 2. The Bertz CT molecular complexity index is 378. The Morgan fingerprint density at radius 1 is 1.41 bits per heavy atom. The van der Waals surface area contributed by atoms with Crippen molar-refractivity contribution in [2.75, 3.05) is 32.8 Å². The van der Waals surface area contributed by atoms with E-state index in [-0.39, 0.29) is 18.5 Å². The van der Waals surface area contributed by atoms with Crippen molar-refractivity contribution >= 4 is 0 Å². The number of benzene rings is 1. The van der Waals surface area contributed by atoms with Crippen LogP contribution < -0.4 is 5.32 Å². The Morgan fingerprint density at radius 2 is 2.12 bits per heavy atom. The normalized spacial score (nSPS) is 19.2. The lowest BCUT2D eigenvalue weighted by Crippen LogP contribution is -2.46. The van der Waals surface area contributed by atoms with E-state index in [1.54, 1.807) is 13.0 Å². The third-order valence-electron chi connectivity index (χ3n) is 3.43. The molecule has 0 amide bonds. The van der Waals surface area contributed by atoms with Gasteiger partial charge in [0.05, 0.1) is 12.6 Å². The molecule has 1 fully saturated rings. The van der Waals surface area contributed by atoms with E-state index in [0.29, 0.717) is 5.56 Å². The average Bonchev–Trinajstić information content (AvgIpc) is 2.37. The first-order chi connectivity index (χ1) is 8.24. The Morgan fingerprint density at radius 3 is 2.76 bits per heavy atom. The molecule has 0 spiro atoms. The molecule has 1 atom stereocenters. The lowest BCUT2D eigenvalue weighted by molar-refractivity contribution is 0.110. The maximum absolute atomic E-state index is 13.5. The first-order valence-electron chi connectivity index (χ1n) is 6.04. The van der Waals surface area contributed by atoms with Gasteiger partial charge in [0.2, 0.25) is 0 Å². The van der Waals surface area contributed by atoms with Gasteiger partial charge in [0.15, 0.2) is 0 Å². The fraction of sp³-hybridized carbons (Fsp3) is 0.538. The number of nitrogens with zero attached hydrogens (tertiary/aromatic N) is 1. The molecule has 2 N–H and O–H groups in total. The van der Waals surface area contributed by atoms with Crippen molar-refractivity contribution in [1.82, 2.24) is 10.2 Å². The molecule has 1 aromatic carbocycles. The van der Waals surface area contributed by atoms with Gasteiger partial charge in [-0.3, -0.25) is 4.90 Å². The minimum absolute atomic E-state index is 0.0320. The second-order valence-electron chi connectivity index (χ2n) is 4.44. The molecule has 0 bridgehead atoms. The molecular weight excluding hydrogens is 219 g/mol. The Labute approximate surface area is 101 Å².